The Hall–Kier alpha value is -4.26. The normalized spacial score (nSPS) is 12.4. The number of ketones is 2. The largest absolute Gasteiger partial charge is 0.465 e. The first kappa shape index (κ1) is 19.1. The zero-order valence-corrected chi connectivity index (χ0v) is 15.6. The summed E-state index contributed by atoms with van der Waals surface area (Å²) in [5, 5.41) is 2.55. The van der Waals surface area contributed by atoms with Crippen molar-refractivity contribution in [1.82, 2.24) is 0 Å². The van der Waals surface area contributed by atoms with Gasteiger partial charge in [0.2, 0.25) is 0 Å². The van der Waals surface area contributed by atoms with E-state index >= 15 is 0 Å². The first-order chi connectivity index (χ1) is 14.5. The summed E-state index contributed by atoms with van der Waals surface area (Å²) in [5.41, 5.74) is 1.51. The molecule has 1 aromatic heterocycles. The third kappa shape index (κ3) is 3.81. The van der Waals surface area contributed by atoms with E-state index in [0.29, 0.717) is 22.6 Å². The van der Waals surface area contributed by atoms with Crippen molar-refractivity contribution in [3.8, 4) is 0 Å². The maximum atomic E-state index is 12.7. The minimum atomic E-state index is -0.704. The van der Waals surface area contributed by atoms with E-state index in [0.717, 1.165) is 6.08 Å². The molecule has 0 unspecified atom stereocenters. The van der Waals surface area contributed by atoms with Crippen molar-refractivity contribution < 1.29 is 28.3 Å². The third-order valence-electron chi connectivity index (χ3n) is 4.48. The van der Waals surface area contributed by atoms with Gasteiger partial charge in [0.1, 0.15) is 5.76 Å². The Labute approximate surface area is 171 Å². The number of benzene rings is 2. The molecule has 148 valence electrons. The van der Waals surface area contributed by atoms with Gasteiger partial charge in [-0.05, 0) is 36.4 Å². The number of carbonyl (C=O) groups is 4. The molecule has 0 spiro atoms. The van der Waals surface area contributed by atoms with Crippen molar-refractivity contribution in [2.45, 2.75) is 0 Å². The van der Waals surface area contributed by atoms with Crippen LogP contribution in [0.5, 0.6) is 0 Å². The highest BCUT2D eigenvalue weighted by Crippen LogP contribution is 2.29. The molecule has 1 heterocycles. The van der Waals surface area contributed by atoms with Gasteiger partial charge in [0, 0.05) is 34.0 Å². The Bertz CT molecular complexity index is 1190. The quantitative estimate of drug-likeness (QED) is 0.407. The van der Waals surface area contributed by atoms with E-state index in [-0.39, 0.29) is 22.7 Å². The Kier molecular flexibility index (Phi) is 5.09. The summed E-state index contributed by atoms with van der Waals surface area (Å²) in [6, 6.07) is 14.4. The highest BCUT2D eigenvalue weighted by atomic mass is 16.5. The van der Waals surface area contributed by atoms with Gasteiger partial charge in [0.15, 0.2) is 18.2 Å². The lowest BCUT2D eigenvalue weighted by Crippen LogP contribution is -2.23. The van der Waals surface area contributed by atoms with Crippen LogP contribution in [0.3, 0.4) is 0 Å². The molecule has 1 aliphatic carbocycles. The van der Waals surface area contributed by atoms with Crippen LogP contribution in [0.4, 0.5) is 5.69 Å². The predicted octanol–water partition coefficient (Wildman–Crippen LogP) is 3.25. The maximum Gasteiger partial charge on any atom is 0.331 e. The number of hydrogen-bond acceptors (Lipinski definition) is 6. The Morgan fingerprint density at radius 1 is 0.900 bits per heavy atom. The van der Waals surface area contributed by atoms with E-state index in [9.17, 15) is 19.2 Å². The van der Waals surface area contributed by atoms with Crippen LogP contribution in [-0.4, -0.2) is 30.0 Å². The van der Waals surface area contributed by atoms with Gasteiger partial charge in [-0.15, -0.1) is 0 Å². The fraction of sp³-hybridized carbons (Fsp3) is 0.0435. The summed E-state index contributed by atoms with van der Waals surface area (Å²) in [7, 11) is 0. The molecule has 4 rings (SSSR count). The van der Waals surface area contributed by atoms with E-state index in [1.54, 1.807) is 36.4 Å². The predicted molar refractivity (Wildman–Crippen MR) is 107 cm³/mol. The number of carbonyl (C=O) groups excluding carboxylic acids is 4. The van der Waals surface area contributed by atoms with E-state index in [4.69, 9.17) is 9.15 Å². The number of esters is 1. The molecule has 2 aromatic carbocycles. The van der Waals surface area contributed by atoms with Crippen molar-refractivity contribution in [2.75, 3.05) is 11.9 Å². The van der Waals surface area contributed by atoms with Gasteiger partial charge in [-0.3, -0.25) is 14.4 Å². The molecule has 30 heavy (non-hydrogen) atoms. The van der Waals surface area contributed by atoms with Gasteiger partial charge in [-0.2, -0.15) is 0 Å². The van der Waals surface area contributed by atoms with Gasteiger partial charge in [0.05, 0.1) is 6.26 Å². The molecule has 1 amide bonds. The fourth-order valence-corrected chi connectivity index (χ4v) is 3.10. The molecule has 0 aliphatic heterocycles. The zero-order chi connectivity index (χ0) is 21.1. The van der Waals surface area contributed by atoms with Crippen LogP contribution in [0, 0.1) is 0 Å². The summed E-state index contributed by atoms with van der Waals surface area (Å²) < 4.78 is 9.92. The molecule has 7 nitrogen and oxygen atoms in total. The van der Waals surface area contributed by atoms with E-state index in [2.05, 4.69) is 5.32 Å². The molecule has 1 aliphatic rings. The zero-order valence-electron chi connectivity index (χ0n) is 15.6. The number of rotatable bonds is 5. The monoisotopic (exact) mass is 401 g/mol. The number of anilines is 1. The van der Waals surface area contributed by atoms with Crippen molar-refractivity contribution in [3.05, 3.63) is 95.0 Å². The van der Waals surface area contributed by atoms with Gasteiger partial charge in [-0.1, -0.05) is 24.3 Å². The van der Waals surface area contributed by atoms with E-state index in [1.165, 1.54) is 30.5 Å². The number of nitrogens with one attached hydrogen (secondary N) is 1. The fourth-order valence-electron chi connectivity index (χ4n) is 3.10. The molecular weight excluding hydrogens is 386 g/mol. The number of amides is 1. The van der Waals surface area contributed by atoms with Crippen LogP contribution in [-0.2, 0) is 14.3 Å². The van der Waals surface area contributed by atoms with E-state index < -0.39 is 18.5 Å². The van der Waals surface area contributed by atoms with Gasteiger partial charge >= 0.3 is 5.97 Å². The van der Waals surface area contributed by atoms with Crippen LogP contribution in [0.2, 0.25) is 0 Å². The Morgan fingerprint density at radius 2 is 1.60 bits per heavy atom. The average Bonchev–Trinajstić information content (AvgIpc) is 3.28. The van der Waals surface area contributed by atoms with Gasteiger partial charge < -0.3 is 14.5 Å². The highest BCUT2D eigenvalue weighted by Gasteiger charge is 2.29. The van der Waals surface area contributed by atoms with Crippen molar-refractivity contribution >= 4 is 35.2 Å². The lowest BCUT2D eigenvalue weighted by Gasteiger charge is -2.18. The summed E-state index contributed by atoms with van der Waals surface area (Å²) in [5.74, 6) is -1.33. The Morgan fingerprint density at radius 3 is 2.30 bits per heavy atom. The maximum absolute atomic E-state index is 12.7. The Balaban J connectivity index is 1.41. The topological polar surface area (TPSA) is 103 Å². The SMILES string of the molecule is O=C(COC(=O)/C=C/c1ccco1)Nc1ccc2c(c1)C(=O)c1ccccc1C2=O. The van der Waals surface area contributed by atoms with Crippen molar-refractivity contribution in [3.63, 3.8) is 0 Å². The lowest BCUT2D eigenvalue weighted by atomic mass is 9.84. The van der Waals surface area contributed by atoms with Crippen LogP contribution in [0.15, 0.2) is 71.4 Å². The molecular formula is C23H15NO6. The van der Waals surface area contributed by atoms with E-state index in [1.807, 2.05) is 0 Å². The van der Waals surface area contributed by atoms with Crippen LogP contribution in [0.25, 0.3) is 6.08 Å². The van der Waals surface area contributed by atoms with Crippen LogP contribution < -0.4 is 5.32 Å². The highest BCUT2D eigenvalue weighted by molar-refractivity contribution is 6.28. The number of fused-ring (bicyclic) bond motifs is 2. The molecule has 0 fully saturated rings. The summed E-state index contributed by atoms with van der Waals surface area (Å²) >= 11 is 0. The summed E-state index contributed by atoms with van der Waals surface area (Å²) in [6.07, 6.45) is 4.03. The average molecular weight is 401 g/mol. The molecule has 0 radical (unpaired) electrons. The first-order valence-electron chi connectivity index (χ1n) is 9.03. The lowest BCUT2D eigenvalue weighted by molar-refractivity contribution is -0.142. The standard InChI is InChI=1S/C23H15NO6/c25-20(13-30-21(26)10-8-15-4-3-11-29-15)24-14-7-9-18-19(12-14)23(28)17-6-2-1-5-16(17)22(18)27/h1-12H,13H2,(H,24,25)/b10-8+. The second-order valence-electron chi connectivity index (χ2n) is 6.47. The van der Waals surface area contributed by atoms with Crippen LogP contribution >= 0.6 is 0 Å². The third-order valence-corrected chi connectivity index (χ3v) is 4.48. The minimum absolute atomic E-state index is 0.217. The van der Waals surface area contributed by atoms with Crippen LogP contribution in [0.1, 0.15) is 37.6 Å². The molecule has 0 atom stereocenters. The molecule has 0 saturated heterocycles. The summed E-state index contributed by atoms with van der Waals surface area (Å²) in [4.78, 5) is 49.1. The first-order valence-corrected chi connectivity index (χ1v) is 9.03. The molecule has 0 saturated carbocycles. The molecule has 7 heteroatoms. The van der Waals surface area contributed by atoms with Crippen molar-refractivity contribution in [1.29, 1.82) is 0 Å². The number of hydrogen-bond donors (Lipinski definition) is 1. The number of furan rings is 1. The smallest absolute Gasteiger partial charge is 0.331 e. The minimum Gasteiger partial charge on any atom is -0.465 e. The summed E-state index contributed by atoms with van der Waals surface area (Å²) in [6.45, 7) is -0.506. The second-order valence-corrected chi connectivity index (χ2v) is 6.47. The van der Waals surface area contributed by atoms with Gasteiger partial charge in [0.25, 0.3) is 5.91 Å². The molecule has 3 aromatic rings. The number of ether oxygens (including phenoxy) is 1. The molecule has 1 N–H and O–H groups in total. The second kappa shape index (κ2) is 8.00. The van der Waals surface area contributed by atoms with Gasteiger partial charge in [-0.25, -0.2) is 4.79 Å². The van der Waals surface area contributed by atoms with Crippen molar-refractivity contribution in [2.24, 2.45) is 0 Å². The molecule has 0 bridgehead atoms.